The van der Waals surface area contributed by atoms with E-state index in [9.17, 15) is 4.79 Å². The molecule has 2 aromatic rings. The molecule has 5 nitrogen and oxygen atoms in total. The third-order valence-electron chi connectivity index (χ3n) is 3.63. The van der Waals surface area contributed by atoms with E-state index in [0.717, 1.165) is 30.4 Å². The first-order valence-corrected chi connectivity index (χ1v) is 6.51. The van der Waals surface area contributed by atoms with Crippen molar-refractivity contribution in [3.8, 4) is 0 Å². The molecule has 1 aromatic carbocycles. The van der Waals surface area contributed by atoms with Crippen LogP contribution in [0.5, 0.6) is 0 Å². The average Bonchev–Trinajstić information content (AvgIpc) is 2.94. The van der Waals surface area contributed by atoms with E-state index >= 15 is 0 Å². The zero-order valence-corrected chi connectivity index (χ0v) is 10.6. The number of fused-ring (bicyclic) bond motifs is 1. The van der Waals surface area contributed by atoms with E-state index in [-0.39, 0.29) is 11.9 Å². The summed E-state index contributed by atoms with van der Waals surface area (Å²) in [6.45, 7) is 1.32. The zero-order valence-electron chi connectivity index (χ0n) is 10.6. The van der Waals surface area contributed by atoms with Crippen LogP contribution in [0, 0.1) is 0 Å². The van der Waals surface area contributed by atoms with Gasteiger partial charge in [0.1, 0.15) is 0 Å². The van der Waals surface area contributed by atoms with Crippen molar-refractivity contribution in [2.24, 2.45) is 5.73 Å². The average molecular weight is 256 g/mol. The summed E-state index contributed by atoms with van der Waals surface area (Å²) in [7, 11) is 0. The highest BCUT2D eigenvalue weighted by molar-refractivity contribution is 5.97. The van der Waals surface area contributed by atoms with Crippen LogP contribution in [0.2, 0.25) is 0 Å². The standard InChI is InChI=1S/C14H16N4O/c15-9-11-2-1-7-18(11)14(19)10-3-4-12-13(8-10)17-6-5-16-12/h3-6,8,11H,1-2,7,9,15H2. The molecule has 2 N–H and O–H groups in total. The number of nitrogens with two attached hydrogens (primary N) is 1. The van der Waals surface area contributed by atoms with Crippen molar-refractivity contribution < 1.29 is 4.79 Å². The monoisotopic (exact) mass is 256 g/mol. The van der Waals surface area contributed by atoms with Gasteiger partial charge in [0.05, 0.1) is 11.0 Å². The Hall–Kier alpha value is -2.01. The van der Waals surface area contributed by atoms with Crippen LogP contribution in [0.3, 0.4) is 0 Å². The molecule has 1 unspecified atom stereocenters. The van der Waals surface area contributed by atoms with Gasteiger partial charge in [0.15, 0.2) is 0 Å². The Labute approximate surface area is 111 Å². The van der Waals surface area contributed by atoms with Crippen molar-refractivity contribution in [3.63, 3.8) is 0 Å². The van der Waals surface area contributed by atoms with E-state index in [4.69, 9.17) is 5.73 Å². The summed E-state index contributed by atoms with van der Waals surface area (Å²) >= 11 is 0. The Balaban J connectivity index is 1.93. The summed E-state index contributed by atoms with van der Waals surface area (Å²) in [4.78, 5) is 22.8. The van der Waals surface area contributed by atoms with Crippen LogP contribution in [0.1, 0.15) is 23.2 Å². The minimum Gasteiger partial charge on any atom is -0.334 e. The van der Waals surface area contributed by atoms with Gasteiger partial charge < -0.3 is 10.6 Å². The highest BCUT2D eigenvalue weighted by Gasteiger charge is 2.28. The molecule has 1 aromatic heterocycles. The van der Waals surface area contributed by atoms with Gasteiger partial charge in [-0.1, -0.05) is 0 Å². The van der Waals surface area contributed by atoms with Crippen LogP contribution in [-0.2, 0) is 0 Å². The lowest BCUT2D eigenvalue weighted by Crippen LogP contribution is -2.39. The Morgan fingerprint density at radius 2 is 2.11 bits per heavy atom. The van der Waals surface area contributed by atoms with Gasteiger partial charge in [0.2, 0.25) is 0 Å². The summed E-state index contributed by atoms with van der Waals surface area (Å²) in [5, 5.41) is 0. The van der Waals surface area contributed by atoms with Crippen LogP contribution in [0.15, 0.2) is 30.6 Å². The van der Waals surface area contributed by atoms with Crippen molar-refractivity contribution in [1.29, 1.82) is 0 Å². The molecule has 0 radical (unpaired) electrons. The highest BCUT2D eigenvalue weighted by atomic mass is 16.2. The molecule has 0 saturated carbocycles. The Kier molecular flexibility index (Phi) is 3.13. The van der Waals surface area contributed by atoms with Gasteiger partial charge in [-0.15, -0.1) is 0 Å². The molecule has 98 valence electrons. The fourth-order valence-corrected chi connectivity index (χ4v) is 2.61. The first kappa shape index (κ1) is 12.0. The number of likely N-dealkylation sites (tertiary alicyclic amines) is 1. The van der Waals surface area contributed by atoms with Gasteiger partial charge in [-0.05, 0) is 31.0 Å². The molecule has 2 heterocycles. The predicted octanol–water partition coefficient (Wildman–Crippen LogP) is 1.19. The summed E-state index contributed by atoms with van der Waals surface area (Å²) in [6, 6.07) is 5.62. The minimum absolute atomic E-state index is 0.0421. The smallest absolute Gasteiger partial charge is 0.254 e. The van der Waals surface area contributed by atoms with Crippen molar-refractivity contribution in [2.75, 3.05) is 13.1 Å². The van der Waals surface area contributed by atoms with Crippen LogP contribution in [0.25, 0.3) is 11.0 Å². The lowest BCUT2D eigenvalue weighted by atomic mass is 10.1. The summed E-state index contributed by atoms with van der Waals surface area (Å²) < 4.78 is 0. The third kappa shape index (κ3) is 2.17. The van der Waals surface area contributed by atoms with Gasteiger partial charge in [0, 0.05) is 37.1 Å². The van der Waals surface area contributed by atoms with Crippen LogP contribution >= 0.6 is 0 Å². The molecule has 1 fully saturated rings. The molecular formula is C14H16N4O. The van der Waals surface area contributed by atoms with Crippen LogP contribution in [0.4, 0.5) is 0 Å². The Bertz CT molecular complexity index is 613. The van der Waals surface area contributed by atoms with E-state index in [0.29, 0.717) is 12.1 Å². The van der Waals surface area contributed by atoms with Gasteiger partial charge in [0.25, 0.3) is 5.91 Å². The van der Waals surface area contributed by atoms with E-state index in [1.165, 1.54) is 0 Å². The van der Waals surface area contributed by atoms with E-state index in [1.54, 1.807) is 18.5 Å². The number of amides is 1. The predicted molar refractivity (Wildman–Crippen MR) is 72.7 cm³/mol. The minimum atomic E-state index is 0.0421. The van der Waals surface area contributed by atoms with Crippen LogP contribution < -0.4 is 5.73 Å². The fraction of sp³-hybridized carbons (Fsp3) is 0.357. The quantitative estimate of drug-likeness (QED) is 0.876. The second kappa shape index (κ2) is 4.93. The topological polar surface area (TPSA) is 72.1 Å². The molecule has 3 rings (SSSR count). The molecule has 19 heavy (non-hydrogen) atoms. The number of benzene rings is 1. The van der Waals surface area contributed by atoms with E-state index in [2.05, 4.69) is 9.97 Å². The molecule has 0 spiro atoms. The third-order valence-corrected chi connectivity index (χ3v) is 3.63. The first-order chi connectivity index (χ1) is 9.29. The van der Waals surface area contributed by atoms with Crippen molar-refractivity contribution in [1.82, 2.24) is 14.9 Å². The van der Waals surface area contributed by atoms with Gasteiger partial charge >= 0.3 is 0 Å². The number of rotatable bonds is 2. The Morgan fingerprint density at radius 1 is 1.32 bits per heavy atom. The normalized spacial score (nSPS) is 19.0. The largest absolute Gasteiger partial charge is 0.334 e. The number of aromatic nitrogens is 2. The maximum absolute atomic E-state index is 12.5. The molecule has 1 atom stereocenters. The lowest BCUT2D eigenvalue weighted by molar-refractivity contribution is 0.0741. The SMILES string of the molecule is NCC1CCCN1C(=O)c1ccc2nccnc2c1. The maximum Gasteiger partial charge on any atom is 0.254 e. The van der Waals surface area contributed by atoms with Crippen molar-refractivity contribution in [2.45, 2.75) is 18.9 Å². The van der Waals surface area contributed by atoms with Crippen LogP contribution in [-0.4, -0.2) is 39.9 Å². The second-order valence-corrected chi connectivity index (χ2v) is 4.79. The number of carbonyl (C=O) groups is 1. The number of nitrogens with zero attached hydrogens (tertiary/aromatic N) is 3. The van der Waals surface area contributed by atoms with Gasteiger partial charge in [-0.25, -0.2) is 0 Å². The molecular weight excluding hydrogens is 240 g/mol. The van der Waals surface area contributed by atoms with Gasteiger partial charge in [-0.3, -0.25) is 14.8 Å². The number of hydrogen-bond donors (Lipinski definition) is 1. The number of carbonyl (C=O) groups excluding carboxylic acids is 1. The zero-order chi connectivity index (χ0) is 13.2. The maximum atomic E-state index is 12.5. The summed E-state index contributed by atoms with van der Waals surface area (Å²) in [6.07, 6.45) is 5.31. The van der Waals surface area contributed by atoms with Crippen molar-refractivity contribution >= 4 is 16.9 Å². The van der Waals surface area contributed by atoms with E-state index < -0.39 is 0 Å². The first-order valence-electron chi connectivity index (χ1n) is 6.51. The molecule has 1 aliphatic rings. The second-order valence-electron chi connectivity index (χ2n) is 4.79. The molecule has 1 aliphatic heterocycles. The van der Waals surface area contributed by atoms with E-state index in [1.807, 2.05) is 17.0 Å². The molecule has 5 heteroatoms. The molecule has 0 bridgehead atoms. The molecule has 0 aliphatic carbocycles. The number of hydrogen-bond acceptors (Lipinski definition) is 4. The Morgan fingerprint density at radius 3 is 2.89 bits per heavy atom. The summed E-state index contributed by atoms with van der Waals surface area (Å²) in [5.41, 5.74) is 7.92. The fourth-order valence-electron chi connectivity index (χ4n) is 2.61. The molecule has 1 saturated heterocycles. The lowest BCUT2D eigenvalue weighted by Gasteiger charge is -2.23. The van der Waals surface area contributed by atoms with Crippen molar-refractivity contribution in [3.05, 3.63) is 36.2 Å². The summed E-state index contributed by atoms with van der Waals surface area (Å²) in [5.74, 6) is 0.0421. The highest BCUT2D eigenvalue weighted by Crippen LogP contribution is 2.20. The van der Waals surface area contributed by atoms with Gasteiger partial charge in [-0.2, -0.15) is 0 Å². The molecule has 1 amide bonds.